The maximum Gasteiger partial charge on any atom is 0.229 e. The average Bonchev–Trinajstić information content (AvgIpc) is 2.28. The van der Waals surface area contributed by atoms with E-state index >= 15 is 0 Å². The smallest absolute Gasteiger partial charge is 0.229 e. The molecule has 1 aromatic rings. The van der Waals surface area contributed by atoms with Crippen molar-refractivity contribution in [3.05, 3.63) is 45.5 Å². The van der Waals surface area contributed by atoms with E-state index in [1.165, 1.54) is 0 Å². The molecule has 0 spiro atoms. The molecule has 0 bridgehead atoms. The minimum absolute atomic E-state index is 0.0979. The van der Waals surface area contributed by atoms with Crippen LogP contribution in [0.5, 0.6) is 5.75 Å². The highest BCUT2D eigenvalue weighted by molar-refractivity contribution is 5.71. The van der Waals surface area contributed by atoms with E-state index in [1.807, 2.05) is 24.3 Å². The molecule has 0 radical (unpaired) electrons. The number of nitro groups is 1. The molecule has 1 aliphatic rings. The van der Waals surface area contributed by atoms with Gasteiger partial charge in [-0.15, -0.1) is 0 Å². The molecule has 0 aliphatic heterocycles. The van der Waals surface area contributed by atoms with Crippen LogP contribution in [0.2, 0.25) is 0 Å². The first-order valence-corrected chi connectivity index (χ1v) is 5.19. The van der Waals surface area contributed by atoms with Crippen LogP contribution in [0.15, 0.2) is 24.3 Å². The van der Waals surface area contributed by atoms with Crippen molar-refractivity contribution in [1.82, 2.24) is 0 Å². The topological polar surface area (TPSA) is 52.4 Å². The minimum Gasteiger partial charge on any atom is -0.497 e. The average molecular weight is 219 g/mol. The predicted octanol–water partition coefficient (Wildman–Crippen LogP) is 2.30. The summed E-state index contributed by atoms with van der Waals surface area (Å²) in [6.07, 6.45) is 3.74. The Bertz CT molecular complexity index is 452. The Morgan fingerprint density at radius 1 is 1.50 bits per heavy atom. The molecule has 4 nitrogen and oxygen atoms in total. The minimum atomic E-state index is -0.287. The number of aryl methyl sites for hydroxylation is 1. The van der Waals surface area contributed by atoms with Gasteiger partial charge >= 0.3 is 0 Å². The van der Waals surface area contributed by atoms with Gasteiger partial charge < -0.3 is 4.74 Å². The standard InChI is InChI=1S/C12H13NO3/c1-16-11-5-6-12-9(7-11)3-2-4-10(12)8-13(14)15/h4-7H,2-3,8H2,1H3. The fourth-order valence-electron chi connectivity index (χ4n) is 2.02. The molecule has 0 aromatic heterocycles. The molecule has 2 rings (SSSR count). The summed E-state index contributed by atoms with van der Waals surface area (Å²) in [5.41, 5.74) is 2.94. The second-order valence-corrected chi connectivity index (χ2v) is 3.78. The van der Waals surface area contributed by atoms with E-state index in [2.05, 4.69) is 0 Å². The van der Waals surface area contributed by atoms with Gasteiger partial charge in [0.2, 0.25) is 6.54 Å². The summed E-state index contributed by atoms with van der Waals surface area (Å²) in [4.78, 5) is 10.3. The highest BCUT2D eigenvalue weighted by atomic mass is 16.6. The van der Waals surface area contributed by atoms with E-state index < -0.39 is 0 Å². The number of hydrogen-bond donors (Lipinski definition) is 0. The van der Waals surface area contributed by atoms with Gasteiger partial charge in [-0.05, 0) is 36.1 Å². The molecule has 0 N–H and O–H groups in total. The Labute approximate surface area is 93.7 Å². The first kappa shape index (κ1) is 10.7. The number of nitrogens with zero attached hydrogens (tertiary/aromatic N) is 1. The van der Waals surface area contributed by atoms with E-state index in [1.54, 1.807) is 7.11 Å². The summed E-state index contributed by atoms with van der Waals surface area (Å²) in [6.45, 7) is -0.0979. The molecule has 1 aromatic carbocycles. The van der Waals surface area contributed by atoms with Gasteiger partial charge in [-0.25, -0.2) is 0 Å². The van der Waals surface area contributed by atoms with Gasteiger partial charge in [-0.3, -0.25) is 10.1 Å². The fraction of sp³-hybridized carbons (Fsp3) is 0.333. The lowest BCUT2D eigenvalue weighted by Crippen LogP contribution is -2.08. The molecular formula is C12H13NO3. The Kier molecular flexibility index (Phi) is 2.90. The van der Waals surface area contributed by atoms with Crippen molar-refractivity contribution >= 4 is 5.57 Å². The number of ether oxygens (including phenoxy) is 1. The van der Waals surface area contributed by atoms with Crippen LogP contribution in [0, 0.1) is 10.1 Å². The normalized spacial score (nSPS) is 13.9. The zero-order valence-electron chi connectivity index (χ0n) is 9.10. The van der Waals surface area contributed by atoms with Gasteiger partial charge in [-0.2, -0.15) is 0 Å². The van der Waals surface area contributed by atoms with Crippen molar-refractivity contribution in [2.45, 2.75) is 12.8 Å². The van der Waals surface area contributed by atoms with Gasteiger partial charge in [0, 0.05) is 10.5 Å². The van der Waals surface area contributed by atoms with Crippen LogP contribution >= 0.6 is 0 Å². The van der Waals surface area contributed by atoms with Crippen LogP contribution in [-0.4, -0.2) is 18.6 Å². The number of methoxy groups -OCH3 is 1. The quantitative estimate of drug-likeness (QED) is 0.579. The first-order valence-electron chi connectivity index (χ1n) is 5.19. The second-order valence-electron chi connectivity index (χ2n) is 3.78. The van der Waals surface area contributed by atoms with E-state index in [-0.39, 0.29) is 11.5 Å². The third-order valence-corrected chi connectivity index (χ3v) is 2.76. The van der Waals surface area contributed by atoms with Crippen molar-refractivity contribution in [3.63, 3.8) is 0 Å². The van der Waals surface area contributed by atoms with Crippen LogP contribution in [0.25, 0.3) is 5.57 Å². The molecule has 0 saturated heterocycles. The maximum absolute atomic E-state index is 10.5. The zero-order valence-corrected chi connectivity index (χ0v) is 9.10. The summed E-state index contributed by atoms with van der Waals surface area (Å²) in [6, 6.07) is 5.71. The highest BCUT2D eigenvalue weighted by Gasteiger charge is 2.16. The molecule has 0 heterocycles. The number of rotatable bonds is 3. The van der Waals surface area contributed by atoms with Crippen LogP contribution in [0.3, 0.4) is 0 Å². The van der Waals surface area contributed by atoms with E-state index in [0.29, 0.717) is 0 Å². The van der Waals surface area contributed by atoms with Crippen molar-refractivity contribution in [3.8, 4) is 5.75 Å². The first-order chi connectivity index (χ1) is 7.70. The van der Waals surface area contributed by atoms with E-state index in [9.17, 15) is 10.1 Å². The van der Waals surface area contributed by atoms with Gasteiger partial charge in [0.05, 0.1) is 7.11 Å². The van der Waals surface area contributed by atoms with Crippen LogP contribution < -0.4 is 4.74 Å². The van der Waals surface area contributed by atoms with Gasteiger partial charge in [0.1, 0.15) is 5.75 Å². The highest BCUT2D eigenvalue weighted by Crippen LogP contribution is 2.29. The monoisotopic (exact) mass is 219 g/mol. The SMILES string of the molecule is COc1ccc2c(c1)CCC=C2C[N+](=O)[O-]. The Morgan fingerprint density at radius 3 is 3.00 bits per heavy atom. The summed E-state index contributed by atoms with van der Waals surface area (Å²) in [7, 11) is 1.62. The van der Waals surface area contributed by atoms with Crippen molar-refractivity contribution in [2.24, 2.45) is 0 Å². The van der Waals surface area contributed by atoms with Crippen molar-refractivity contribution in [2.75, 3.05) is 13.7 Å². The molecule has 0 saturated carbocycles. The van der Waals surface area contributed by atoms with Crippen LogP contribution in [-0.2, 0) is 6.42 Å². The van der Waals surface area contributed by atoms with E-state index in [0.717, 1.165) is 35.3 Å². The van der Waals surface area contributed by atoms with Gasteiger partial charge in [0.25, 0.3) is 0 Å². The molecule has 4 heteroatoms. The molecule has 0 amide bonds. The molecule has 1 aliphatic carbocycles. The molecular weight excluding hydrogens is 206 g/mol. The lowest BCUT2D eigenvalue weighted by molar-refractivity contribution is -0.465. The summed E-state index contributed by atoms with van der Waals surface area (Å²) in [5.74, 6) is 0.807. The predicted molar refractivity (Wildman–Crippen MR) is 61.2 cm³/mol. The van der Waals surface area contributed by atoms with Gasteiger partial charge in [-0.1, -0.05) is 12.1 Å². The van der Waals surface area contributed by atoms with Gasteiger partial charge in [0.15, 0.2) is 0 Å². The number of benzene rings is 1. The molecule has 0 fully saturated rings. The van der Waals surface area contributed by atoms with Crippen molar-refractivity contribution in [1.29, 1.82) is 0 Å². The van der Waals surface area contributed by atoms with Crippen molar-refractivity contribution < 1.29 is 9.66 Å². The fourth-order valence-corrected chi connectivity index (χ4v) is 2.02. The van der Waals surface area contributed by atoms with E-state index in [4.69, 9.17) is 4.74 Å². The second kappa shape index (κ2) is 4.35. The summed E-state index contributed by atoms with van der Waals surface area (Å²) in [5, 5.41) is 10.5. The summed E-state index contributed by atoms with van der Waals surface area (Å²) < 4.78 is 5.14. The number of hydrogen-bond acceptors (Lipinski definition) is 3. The molecule has 84 valence electrons. The third-order valence-electron chi connectivity index (χ3n) is 2.76. The molecule has 0 atom stereocenters. The Morgan fingerprint density at radius 2 is 2.31 bits per heavy atom. The lowest BCUT2D eigenvalue weighted by Gasteiger charge is -2.16. The number of allylic oxidation sites excluding steroid dienone is 1. The van der Waals surface area contributed by atoms with Crippen LogP contribution in [0.1, 0.15) is 17.5 Å². The zero-order chi connectivity index (χ0) is 11.5. The Balaban J connectivity index is 2.35. The van der Waals surface area contributed by atoms with Crippen LogP contribution in [0.4, 0.5) is 0 Å². The molecule has 16 heavy (non-hydrogen) atoms. The maximum atomic E-state index is 10.5. The number of fused-ring (bicyclic) bond motifs is 1. The molecule has 0 unspecified atom stereocenters. The third kappa shape index (κ3) is 2.05. The lowest BCUT2D eigenvalue weighted by atomic mass is 9.90. The summed E-state index contributed by atoms with van der Waals surface area (Å²) >= 11 is 0. The largest absolute Gasteiger partial charge is 0.497 e. The Hall–Kier alpha value is -1.84.